The number of rotatable bonds is 10. The van der Waals surface area contributed by atoms with Gasteiger partial charge in [0.05, 0.1) is 0 Å². The zero-order valence-corrected chi connectivity index (χ0v) is 15.4. The highest BCUT2D eigenvalue weighted by atomic mass is 16.6. The van der Waals surface area contributed by atoms with E-state index >= 15 is 0 Å². The lowest BCUT2D eigenvalue weighted by Gasteiger charge is -2.29. The lowest BCUT2D eigenvalue weighted by Crippen LogP contribution is -2.53. The van der Waals surface area contributed by atoms with Crippen molar-refractivity contribution in [2.45, 2.75) is 19.1 Å². The molecule has 0 aliphatic carbocycles. The number of alkyl carbamates (subject to hydrolysis) is 1. The molecule has 0 aliphatic rings. The van der Waals surface area contributed by atoms with Crippen molar-refractivity contribution >= 4 is 23.7 Å². The second-order valence-corrected chi connectivity index (χ2v) is 5.83. The van der Waals surface area contributed by atoms with Crippen LogP contribution in [0.3, 0.4) is 0 Å². The number of carbonyl (C=O) groups excluding carboxylic acids is 3. The van der Waals surface area contributed by atoms with Crippen molar-refractivity contribution in [3.05, 3.63) is 55.1 Å². The Hall–Kier alpha value is -3.29. The largest absolute Gasteiger partial charge is 0.460 e. The lowest BCUT2D eigenvalue weighted by atomic mass is 10.1. The summed E-state index contributed by atoms with van der Waals surface area (Å²) in [5.41, 5.74) is 0.538. The molecule has 1 aromatic carbocycles. The Labute approximate surface area is 158 Å². The maximum Gasteiger partial charge on any atom is 0.408 e. The number of hydrogen-bond donors (Lipinski definition) is 2. The minimum Gasteiger partial charge on any atom is -0.460 e. The minimum atomic E-state index is -1.19. The van der Waals surface area contributed by atoms with Crippen LogP contribution in [-0.4, -0.2) is 43.8 Å². The molecular weight excluding hydrogens is 352 g/mol. The van der Waals surface area contributed by atoms with E-state index in [-0.39, 0.29) is 19.8 Å². The van der Waals surface area contributed by atoms with Crippen LogP contribution in [0.2, 0.25) is 0 Å². The molecule has 1 amide bonds. The second kappa shape index (κ2) is 10.6. The molecule has 0 saturated heterocycles. The number of nitrogens with one attached hydrogen (secondary N) is 2. The summed E-state index contributed by atoms with van der Waals surface area (Å²) in [6.07, 6.45) is 1.23. The molecule has 0 aromatic heterocycles. The maximum absolute atomic E-state index is 12.1. The number of amides is 1. The van der Waals surface area contributed by atoms with Crippen LogP contribution in [0.1, 0.15) is 12.5 Å². The van der Waals surface area contributed by atoms with Gasteiger partial charge in [0, 0.05) is 24.9 Å². The van der Waals surface area contributed by atoms with Crippen molar-refractivity contribution < 1.29 is 28.6 Å². The molecule has 0 atom stereocenters. The molecule has 1 rings (SSSR count). The number of hydrogen-bond acceptors (Lipinski definition) is 7. The molecule has 0 bridgehead atoms. The first-order chi connectivity index (χ1) is 12.8. The fraction of sp³-hybridized carbons (Fsp3) is 0.316. The van der Waals surface area contributed by atoms with E-state index < -0.39 is 23.6 Å². The molecule has 0 spiro atoms. The van der Waals surface area contributed by atoms with E-state index in [0.717, 1.165) is 23.4 Å². The van der Waals surface area contributed by atoms with E-state index in [0.29, 0.717) is 0 Å². The average Bonchev–Trinajstić information content (AvgIpc) is 2.69. The molecule has 1 aromatic rings. The summed E-state index contributed by atoms with van der Waals surface area (Å²) in [7, 11) is 1.80. The van der Waals surface area contributed by atoms with Gasteiger partial charge in [-0.1, -0.05) is 25.3 Å². The summed E-state index contributed by atoms with van der Waals surface area (Å²) in [5, 5.41) is 5.54. The third-order valence-electron chi connectivity index (χ3n) is 3.42. The van der Waals surface area contributed by atoms with Gasteiger partial charge >= 0.3 is 18.0 Å². The normalized spacial score (nSPS) is 10.3. The average molecular weight is 376 g/mol. The molecule has 2 N–H and O–H groups in total. The summed E-state index contributed by atoms with van der Waals surface area (Å²) in [4.78, 5) is 34.7. The van der Waals surface area contributed by atoms with Crippen LogP contribution in [0.4, 0.5) is 10.5 Å². The van der Waals surface area contributed by atoms with Gasteiger partial charge in [-0.05, 0) is 24.6 Å². The highest BCUT2D eigenvalue weighted by molar-refractivity contribution is 5.82. The summed E-state index contributed by atoms with van der Waals surface area (Å²) < 4.78 is 15.1. The highest BCUT2D eigenvalue weighted by Crippen LogP contribution is 2.11. The fourth-order valence-electron chi connectivity index (χ4n) is 1.89. The van der Waals surface area contributed by atoms with E-state index in [9.17, 15) is 14.4 Å². The molecule has 0 fully saturated rings. The van der Waals surface area contributed by atoms with Gasteiger partial charge in [-0.15, -0.1) is 0 Å². The monoisotopic (exact) mass is 376 g/mol. The van der Waals surface area contributed by atoms with Crippen molar-refractivity contribution in [1.29, 1.82) is 0 Å². The van der Waals surface area contributed by atoms with Crippen molar-refractivity contribution in [3.63, 3.8) is 0 Å². The van der Waals surface area contributed by atoms with Gasteiger partial charge in [-0.2, -0.15) is 0 Å². The Morgan fingerprint density at radius 1 is 1.00 bits per heavy atom. The highest BCUT2D eigenvalue weighted by Gasteiger charge is 2.30. The lowest BCUT2D eigenvalue weighted by molar-refractivity contribution is -0.144. The Morgan fingerprint density at radius 2 is 1.52 bits per heavy atom. The Morgan fingerprint density at radius 3 is 1.96 bits per heavy atom. The van der Waals surface area contributed by atoms with Crippen LogP contribution in [-0.2, 0) is 30.4 Å². The summed E-state index contributed by atoms with van der Waals surface area (Å²) >= 11 is 0. The number of ether oxygens (including phenoxy) is 3. The Balaban J connectivity index is 2.65. The first-order valence-electron chi connectivity index (χ1n) is 8.12. The molecule has 27 heavy (non-hydrogen) atoms. The van der Waals surface area contributed by atoms with Gasteiger partial charge in [0.25, 0.3) is 0 Å². The number of benzene rings is 1. The van der Waals surface area contributed by atoms with Crippen molar-refractivity contribution in [2.24, 2.45) is 0 Å². The number of esters is 2. The molecule has 0 unspecified atom stereocenters. The first-order valence-corrected chi connectivity index (χ1v) is 8.12. The van der Waals surface area contributed by atoms with Crippen molar-refractivity contribution in [3.8, 4) is 0 Å². The van der Waals surface area contributed by atoms with E-state index in [1.54, 1.807) is 14.0 Å². The van der Waals surface area contributed by atoms with E-state index in [2.05, 4.69) is 23.8 Å². The SMILES string of the molecule is C=CC(=O)OCC(C)(COC(=O)C=C)NC(=O)OCc1ccc(NC)cc1. The molecule has 0 radical (unpaired) electrons. The van der Waals surface area contributed by atoms with Gasteiger partial charge in [0.1, 0.15) is 25.4 Å². The molecule has 0 aliphatic heterocycles. The topological polar surface area (TPSA) is 103 Å². The van der Waals surface area contributed by atoms with Gasteiger partial charge in [0.15, 0.2) is 0 Å². The van der Waals surface area contributed by atoms with Gasteiger partial charge in [-0.3, -0.25) is 0 Å². The molecule has 146 valence electrons. The van der Waals surface area contributed by atoms with E-state index in [1.807, 2.05) is 24.3 Å². The molecule has 0 saturated carbocycles. The molecular formula is C19H24N2O6. The molecule has 8 heteroatoms. The molecule has 0 heterocycles. The van der Waals surface area contributed by atoms with Crippen molar-refractivity contribution in [2.75, 3.05) is 25.6 Å². The zero-order valence-electron chi connectivity index (χ0n) is 15.4. The standard InChI is InChI=1S/C19H24N2O6/c1-5-16(22)26-12-19(3,13-27-17(23)6-2)21-18(24)25-11-14-7-9-15(20-4)10-8-14/h5-10,20H,1-2,11-13H2,3-4H3,(H,21,24). The summed E-state index contributed by atoms with van der Waals surface area (Å²) in [5.74, 6) is -1.34. The molecule has 8 nitrogen and oxygen atoms in total. The number of anilines is 1. The van der Waals surface area contributed by atoms with Crippen LogP contribution >= 0.6 is 0 Å². The third kappa shape index (κ3) is 8.08. The van der Waals surface area contributed by atoms with Crippen LogP contribution in [0, 0.1) is 0 Å². The van der Waals surface area contributed by atoms with Gasteiger partial charge < -0.3 is 24.8 Å². The zero-order chi connectivity index (χ0) is 20.3. The van der Waals surface area contributed by atoms with Gasteiger partial charge in [-0.25, -0.2) is 14.4 Å². The fourth-order valence-corrected chi connectivity index (χ4v) is 1.89. The van der Waals surface area contributed by atoms with Gasteiger partial charge in [0.2, 0.25) is 0 Å². The smallest absolute Gasteiger partial charge is 0.408 e. The van der Waals surface area contributed by atoms with E-state index in [4.69, 9.17) is 14.2 Å². The predicted molar refractivity (Wildman–Crippen MR) is 100 cm³/mol. The maximum atomic E-state index is 12.1. The summed E-state index contributed by atoms with van der Waals surface area (Å²) in [6, 6.07) is 7.33. The van der Waals surface area contributed by atoms with E-state index in [1.165, 1.54) is 0 Å². The second-order valence-electron chi connectivity index (χ2n) is 5.83. The third-order valence-corrected chi connectivity index (χ3v) is 3.42. The quantitative estimate of drug-likeness (QED) is 0.366. The van der Waals surface area contributed by atoms with Crippen LogP contribution < -0.4 is 10.6 Å². The first kappa shape index (κ1) is 21.8. The van der Waals surface area contributed by atoms with Crippen LogP contribution in [0.15, 0.2) is 49.6 Å². The van der Waals surface area contributed by atoms with Crippen molar-refractivity contribution in [1.82, 2.24) is 5.32 Å². The minimum absolute atomic E-state index is 0.0464. The summed E-state index contributed by atoms with van der Waals surface area (Å²) in [6.45, 7) is 7.70. The Bertz CT molecular complexity index is 660. The Kier molecular flexibility index (Phi) is 8.58. The predicted octanol–water partition coefficient (Wildman–Crippen LogP) is 2.17. The van der Waals surface area contributed by atoms with Crippen LogP contribution in [0.5, 0.6) is 0 Å². The number of carbonyl (C=O) groups is 3. The van der Waals surface area contributed by atoms with Crippen LogP contribution in [0.25, 0.3) is 0 Å².